The van der Waals surface area contributed by atoms with Crippen molar-refractivity contribution in [3.05, 3.63) is 64.6 Å². The Morgan fingerprint density at radius 1 is 1.08 bits per heavy atom. The monoisotopic (exact) mass is 409 g/mol. The van der Waals surface area contributed by atoms with Crippen molar-refractivity contribution in [1.29, 1.82) is 0 Å². The van der Waals surface area contributed by atoms with E-state index in [4.69, 9.17) is 4.74 Å². The lowest BCUT2D eigenvalue weighted by Crippen LogP contribution is -2.05. The molecule has 0 spiro atoms. The summed E-state index contributed by atoms with van der Waals surface area (Å²) in [7, 11) is 0. The first-order valence-corrected chi connectivity index (χ1v) is 9.09. The van der Waals surface area contributed by atoms with E-state index in [-0.39, 0.29) is 12.4 Å². The number of esters is 1. The van der Waals surface area contributed by atoms with Gasteiger partial charge in [-0.05, 0) is 19.1 Å². The number of benzene rings is 3. The van der Waals surface area contributed by atoms with E-state index >= 15 is 0 Å². The quantitative estimate of drug-likeness (QED) is 0.430. The Balaban J connectivity index is 2.14. The van der Waals surface area contributed by atoms with Crippen molar-refractivity contribution in [3.8, 4) is 17.0 Å². The van der Waals surface area contributed by atoms with Crippen LogP contribution in [0.3, 0.4) is 0 Å². The van der Waals surface area contributed by atoms with Gasteiger partial charge < -0.3 is 14.8 Å². The SMILES string of the molecule is CCOC(=O)c1c(-c2ccccc2Br)[nH]c2c1cc(O)c1ccccc12. The van der Waals surface area contributed by atoms with Crippen LogP contribution in [0.1, 0.15) is 17.3 Å². The number of phenolic OH excluding ortho intramolecular Hbond substituents is 1. The zero-order valence-electron chi connectivity index (χ0n) is 14.0. The van der Waals surface area contributed by atoms with E-state index in [0.717, 1.165) is 26.3 Å². The fraction of sp³-hybridized carbons (Fsp3) is 0.0952. The Morgan fingerprint density at radius 3 is 2.50 bits per heavy atom. The number of carbonyl (C=O) groups is 1. The van der Waals surface area contributed by atoms with Crippen LogP contribution in [-0.4, -0.2) is 22.7 Å². The average Bonchev–Trinajstić information content (AvgIpc) is 3.02. The Kier molecular flexibility index (Phi) is 4.17. The molecule has 0 saturated heterocycles. The van der Waals surface area contributed by atoms with E-state index < -0.39 is 5.97 Å². The first-order valence-electron chi connectivity index (χ1n) is 8.30. The minimum absolute atomic E-state index is 0.135. The van der Waals surface area contributed by atoms with E-state index in [2.05, 4.69) is 20.9 Å². The first-order chi connectivity index (χ1) is 12.6. The lowest BCUT2D eigenvalue weighted by Gasteiger charge is -2.07. The highest BCUT2D eigenvalue weighted by Crippen LogP contribution is 2.40. The normalized spacial score (nSPS) is 11.2. The maximum Gasteiger partial charge on any atom is 0.340 e. The van der Waals surface area contributed by atoms with Gasteiger partial charge in [0.2, 0.25) is 0 Å². The smallest absolute Gasteiger partial charge is 0.340 e. The van der Waals surface area contributed by atoms with E-state index in [0.29, 0.717) is 16.6 Å². The molecular formula is C21H16BrNO3. The number of ether oxygens (including phenoxy) is 1. The molecule has 1 aromatic heterocycles. The first kappa shape index (κ1) is 16.7. The molecule has 0 unspecified atom stereocenters. The average molecular weight is 410 g/mol. The number of aromatic hydroxyl groups is 1. The van der Waals surface area contributed by atoms with Crippen molar-refractivity contribution in [2.75, 3.05) is 6.61 Å². The van der Waals surface area contributed by atoms with Gasteiger partial charge in [0, 0.05) is 26.2 Å². The molecule has 0 aliphatic rings. The standard InChI is InChI=1S/C21H16BrNO3/c1-2-26-21(25)18-15-11-17(24)12-7-3-4-8-13(12)19(15)23-20(18)14-9-5-6-10-16(14)22/h3-11,23-24H,2H2,1H3. The summed E-state index contributed by atoms with van der Waals surface area (Å²) in [6, 6.07) is 16.9. The summed E-state index contributed by atoms with van der Waals surface area (Å²) in [5, 5.41) is 12.7. The van der Waals surface area contributed by atoms with Crippen molar-refractivity contribution >= 4 is 43.6 Å². The number of hydrogen-bond acceptors (Lipinski definition) is 3. The highest BCUT2D eigenvalue weighted by molar-refractivity contribution is 9.10. The predicted molar refractivity (Wildman–Crippen MR) is 107 cm³/mol. The summed E-state index contributed by atoms with van der Waals surface area (Å²) in [4.78, 5) is 16.1. The number of aromatic nitrogens is 1. The minimum Gasteiger partial charge on any atom is -0.507 e. The van der Waals surface area contributed by atoms with Crippen molar-refractivity contribution in [1.82, 2.24) is 4.98 Å². The zero-order chi connectivity index (χ0) is 18.3. The van der Waals surface area contributed by atoms with Crippen LogP contribution in [0.4, 0.5) is 0 Å². The van der Waals surface area contributed by atoms with Crippen LogP contribution < -0.4 is 0 Å². The maximum absolute atomic E-state index is 12.7. The van der Waals surface area contributed by atoms with Gasteiger partial charge in [0.1, 0.15) is 5.75 Å². The molecule has 0 fully saturated rings. The summed E-state index contributed by atoms with van der Waals surface area (Å²) in [6.07, 6.45) is 0. The second-order valence-electron chi connectivity index (χ2n) is 5.94. The second-order valence-corrected chi connectivity index (χ2v) is 6.79. The molecule has 0 atom stereocenters. The molecule has 0 radical (unpaired) electrons. The summed E-state index contributed by atoms with van der Waals surface area (Å²) in [5.41, 5.74) is 2.75. The number of halogens is 1. The maximum atomic E-state index is 12.7. The number of aromatic amines is 1. The molecule has 0 saturated carbocycles. The van der Waals surface area contributed by atoms with Crippen LogP contribution in [0.15, 0.2) is 59.1 Å². The summed E-state index contributed by atoms with van der Waals surface area (Å²) in [6.45, 7) is 2.05. The lowest BCUT2D eigenvalue weighted by atomic mass is 10.0. The van der Waals surface area contributed by atoms with Crippen molar-refractivity contribution in [2.24, 2.45) is 0 Å². The topological polar surface area (TPSA) is 62.3 Å². The van der Waals surface area contributed by atoms with Crippen molar-refractivity contribution < 1.29 is 14.6 Å². The Bertz CT molecular complexity index is 1150. The molecule has 2 N–H and O–H groups in total. The molecule has 1 heterocycles. The molecule has 26 heavy (non-hydrogen) atoms. The molecule has 0 bridgehead atoms. The molecule has 0 aliphatic carbocycles. The van der Waals surface area contributed by atoms with E-state index in [1.165, 1.54) is 0 Å². The highest BCUT2D eigenvalue weighted by Gasteiger charge is 2.24. The Labute approximate surface area is 158 Å². The van der Waals surface area contributed by atoms with Gasteiger partial charge in [-0.2, -0.15) is 0 Å². The van der Waals surface area contributed by atoms with Gasteiger partial charge >= 0.3 is 5.97 Å². The number of phenols is 1. The van der Waals surface area contributed by atoms with Crippen LogP contribution in [0.2, 0.25) is 0 Å². The van der Waals surface area contributed by atoms with E-state index in [9.17, 15) is 9.90 Å². The third kappa shape index (κ3) is 2.56. The minimum atomic E-state index is -0.417. The lowest BCUT2D eigenvalue weighted by molar-refractivity contribution is 0.0529. The van der Waals surface area contributed by atoms with Crippen LogP contribution >= 0.6 is 15.9 Å². The largest absolute Gasteiger partial charge is 0.507 e. The number of rotatable bonds is 3. The summed E-state index contributed by atoms with van der Waals surface area (Å²) in [5.74, 6) is -0.282. The molecule has 0 amide bonds. The van der Waals surface area contributed by atoms with Gasteiger partial charge in [0.15, 0.2) is 0 Å². The molecule has 4 nitrogen and oxygen atoms in total. The van der Waals surface area contributed by atoms with Crippen LogP contribution in [0.5, 0.6) is 5.75 Å². The molecule has 0 aliphatic heterocycles. The van der Waals surface area contributed by atoms with Crippen LogP contribution in [0.25, 0.3) is 32.9 Å². The number of hydrogen-bond donors (Lipinski definition) is 2. The van der Waals surface area contributed by atoms with Gasteiger partial charge in [-0.25, -0.2) is 4.79 Å². The van der Waals surface area contributed by atoms with Gasteiger partial charge in [0.25, 0.3) is 0 Å². The Hall–Kier alpha value is -2.79. The molecule has 3 aromatic carbocycles. The number of carbonyl (C=O) groups excluding carboxylic acids is 1. The summed E-state index contributed by atoms with van der Waals surface area (Å²) < 4.78 is 6.16. The third-order valence-corrected chi connectivity index (χ3v) is 5.11. The number of nitrogens with one attached hydrogen (secondary N) is 1. The molecule has 4 aromatic rings. The third-order valence-electron chi connectivity index (χ3n) is 4.41. The van der Waals surface area contributed by atoms with Gasteiger partial charge in [-0.1, -0.05) is 58.4 Å². The molecule has 5 heteroatoms. The van der Waals surface area contributed by atoms with E-state index in [1.807, 2.05) is 48.5 Å². The van der Waals surface area contributed by atoms with Crippen LogP contribution in [-0.2, 0) is 4.74 Å². The fourth-order valence-corrected chi connectivity index (χ4v) is 3.77. The van der Waals surface area contributed by atoms with Gasteiger partial charge in [0.05, 0.1) is 23.4 Å². The van der Waals surface area contributed by atoms with Crippen LogP contribution in [0, 0.1) is 0 Å². The molecule has 130 valence electrons. The number of H-pyrrole nitrogens is 1. The predicted octanol–water partition coefficient (Wildman–Crippen LogP) is 5.63. The van der Waals surface area contributed by atoms with Gasteiger partial charge in [-0.3, -0.25) is 0 Å². The molecule has 4 rings (SSSR count). The van der Waals surface area contributed by atoms with Crippen molar-refractivity contribution in [2.45, 2.75) is 6.92 Å². The van der Waals surface area contributed by atoms with Gasteiger partial charge in [-0.15, -0.1) is 0 Å². The zero-order valence-corrected chi connectivity index (χ0v) is 15.6. The number of fused-ring (bicyclic) bond motifs is 3. The summed E-state index contributed by atoms with van der Waals surface area (Å²) >= 11 is 3.56. The second kappa shape index (κ2) is 6.50. The van der Waals surface area contributed by atoms with E-state index in [1.54, 1.807) is 13.0 Å². The highest BCUT2D eigenvalue weighted by atomic mass is 79.9. The Morgan fingerprint density at radius 2 is 1.77 bits per heavy atom. The van der Waals surface area contributed by atoms with Crippen molar-refractivity contribution in [3.63, 3.8) is 0 Å². The fourth-order valence-electron chi connectivity index (χ4n) is 3.29. The molecular weight excluding hydrogens is 394 g/mol.